The van der Waals surface area contributed by atoms with Crippen LogP contribution in [0.3, 0.4) is 0 Å². The van der Waals surface area contributed by atoms with Crippen molar-refractivity contribution in [3.05, 3.63) is 0 Å². The van der Waals surface area contributed by atoms with Gasteiger partial charge in [-0.05, 0) is 12.1 Å². The van der Waals surface area contributed by atoms with Gasteiger partial charge >= 0.3 is 0 Å². The van der Waals surface area contributed by atoms with Gasteiger partial charge in [-0.15, -0.1) is 0 Å². The number of hydrogen-bond donors (Lipinski definition) is 0. The predicted octanol–water partition coefficient (Wildman–Crippen LogP) is 1.62. The van der Waals surface area contributed by atoms with Gasteiger partial charge in [-0.25, -0.2) is 0 Å². The Morgan fingerprint density at radius 3 is 1.80 bits per heavy atom. The van der Waals surface area contributed by atoms with Crippen LogP contribution in [0, 0.1) is 0 Å². The van der Waals surface area contributed by atoms with Crippen LogP contribution >= 0.6 is 11.1 Å². The smallest absolute Gasteiger partial charge is 0.165 e. The molecular formula is C3H6ClSi. The maximum Gasteiger partial charge on any atom is 0.165 e. The van der Waals surface area contributed by atoms with Crippen LogP contribution in [0.4, 0.5) is 0 Å². The topological polar surface area (TPSA) is 0 Å². The lowest BCUT2D eigenvalue weighted by Crippen LogP contribution is -2.12. The van der Waals surface area contributed by atoms with Crippen LogP contribution in [-0.2, 0) is 0 Å². The van der Waals surface area contributed by atoms with Crippen LogP contribution in [-0.4, -0.2) is 8.11 Å². The van der Waals surface area contributed by atoms with Gasteiger partial charge in [-0.1, -0.05) is 6.42 Å². The first kappa shape index (κ1) is 3.69. The lowest BCUT2D eigenvalue weighted by atomic mass is 10.5. The molecule has 1 aliphatic heterocycles. The Bertz CT molecular complexity index is 33.9. The van der Waals surface area contributed by atoms with Gasteiger partial charge in [0.05, 0.1) is 0 Å². The molecule has 0 nitrogen and oxygen atoms in total. The average Bonchev–Trinajstić information content (AvgIpc) is 1.30. The van der Waals surface area contributed by atoms with E-state index < -0.39 is 0 Å². The lowest BCUT2D eigenvalue weighted by Gasteiger charge is -2.13. The summed E-state index contributed by atoms with van der Waals surface area (Å²) in [6.07, 6.45) is 1.40. The van der Waals surface area contributed by atoms with E-state index in [2.05, 4.69) is 0 Å². The first-order valence-electron chi connectivity index (χ1n) is 1.90. The highest BCUT2D eigenvalue weighted by molar-refractivity contribution is 7.08. The second-order valence-corrected chi connectivity index (χ2v) is 5.01. The maximum atomic E-state index is 5.65. The molecule has 0 atom stereocenters. The van der Waals surface area contributed by atoms with E-state index in [1.165, 1.54) is 18.5 Å². The van der Waals surface area contributed by atoms with Crippen LogP contribution in [0.15, 0.2) is 0 Å². The molecule has 1 aliphatic rings. The normalized spacial score (nSPS) is 25.8. The van der Waals surface area contributed by atoms with Crippen molar-refractivity contribution in [2.75, 3.05) is 0 Å². The third kappa shape index (κ3) is 0.669. The summed E-state index contributed by atoms with van der Waals surface area (Å²) >= 11 is 5.65. The first-order chi connectivity index (χ1) is 2.39. The van der Waals surface area contributed by atoms with Gasteiger partial charge in [0.25, 0.3) is 0 Å². The van der Waals surface area contributed by atoms with E-state index in [9.17, 15) is 0 Å². The molecule has 1 radical (unpaired) electrons. The second-order valence-electron chi connectivity index (χ2n) is 1.37. The Balaban J connectivity index is 2.08. The summed E-state index contributed by atoms with van der Waals surface area (Å²) in [7, 11) is -0.221. The van der Waals surface area contributed by atoms with E-state index in [-0.39, 0.29) is 8.11 Å². The molecule has 0 aromatic heterocycles. The number of rotatable bonds is 0. The van der Waals surface area contributed by atoms with Crippen molar-refractivity contribution < 1.29 is 0 Å². The summed E-state index contributed by atoms with van der Waals surface area (Å²) in [6.45, 7) is 0. The molecule has 0 aromatic carbocycles. The molecule has 1 fully saturated rings. The highest BCUT2D eigenvalue weighted by atomic mass is 35.6. The minimum Gasteiger partial charge on any atom is -0.169 e. The molecule has 29 valence electrons. The molecule has 0 saturated carbocycles. The Morgan fingerprint density at radius 1 is 1.40 bits per heavy atom. The van der Waals surface area contributed by atoms with Gasteiger partial charge in [0.2, 0.25) is 0 Å². The Hall–Kier alpha value is 0.507. The van der Waals surface area contributed by atoms with Gasteiger partial charge in [-0.2, -0.15) is 11.1 Å². The zero-order valence-corrected chi connectivity index (χ0v) is 4.76. The molecule has 0 amide bonds. The summed E-state index contributed by atoms with van der Waals surface area (Å²) in [5.41, 5.74) is 0. The van der Waals surface area contributed by atoms with E-state index in [0.717, 1.165) is 0 Å². The molecule has 0 aliphatic carbocycles. The van der Waals surface area contributed by atoms with Crippen molar-refractivity contribution in [3.63, 3.8) is 0 Å². The quantitative estimate of drug-likeness (QED) is 0.325. The van der Waals surface area contributed by atoms with Crippen LogP contribution in [0.25, 0.3) is 0 Å². The molecule has 5 heavy (non-hydrogen) atoms. The molecule has 1 rings (SSSR count). The second kappa shape index (κ2) is 1.31. The molecule has 0 aromatic rings. The zero-order chi connectivity index (χ0) is 3.70. The lowest BCUT2D eigenvalue weighted by molar-refractivity contribution is 0.961. The van der Waals surface area contributed by atoms with E-state index in [1.54, 1.807) is 0 Å². The number of halogens is 1. The maximum absolute atomic E-state index is 5.65. The van der Waals surface area contributed by atoms with Crippen LogP contribution < -0.4 is 0 Å². The van der Waals surface area contributed by atoms with Crippen molar-refractivity contribution in [1.29, 1.82) is 0 Å². The predicted molar refractivity (Wildman–Crippen MR) is 25.8 cm³/mol. The fraction of sp³-hybridized carbons (Fsp3) is 1.00. The van der Waals surface area contributed by atoms with Gasteiger partial charge in [0, 0.05) is 0 Å². The summed E-state index contributed by atoms with van der Waals surface area (Å²) in [5, 5.41) is 0. The molecule has 1 heterocycles. The average molecular weight is 106 g/mol. The van der Waals surface area contributed by atoms with Gasteiger partial charge < -0.3 is 0 Å². The molecule has 1 saturated heterocycles. The summed E-state index contributed by atoms with van der Waals surface area (Å²) < 4.78 is 0. The third-order valence-corrected chi connectivity index (χ3v) is 3.82. The Kier molecular flexibility index (Phi) is 0.966. The van der Waals surface area contributed by atoms with E-state index in [0.29, 0.717) is 0 Å². The monoisotopic (exact) mass is 105 g/mol. The van der Waals surface area contributed by atoms with Gasteiger partial charge in [0.1, 0.15) is 0 Å². The molecule has 0 unspecified atom stereocenters. The molecule has 2 heteroatoms. The van der Waals surface area contributed by atoms with Crippen LogP contribution in [0.2, 0.25) is 12.1 Å². The summed E-state index contributed by atoms with van der Waals surface area (Å²) in [4.78, 5) is 0. The van der Waals surface area contributed by atoms with Crippen molar-refractivity contribution >= 4 is 19.2 Å². The SMILES string of the molecule is Cl[Si]1CCC1. The van der Waals surface area contributed by atoms with Crippen molar-refractivity contribution in [2.45, 2.75) is 18.5 Å². The molecule has 0 N–H and O–H groups in total. The molecular weight excluding hydrogens is 99.6 g/mol. The molecule has 0 spiro atoms. The highest BCUT2D eigenvalue weighted by Gasteiger charge is 2.15. The van der Waals surface area contributed by atoms with Crippen LogP contribution in [0.5, 0.6) is 0 Å². The summed E-state index contributed by atoms with van der Waals surface area (Å²) in [5.74, 6) is 0. The van der Waals surface area contributed by atoms with Crippen molar-refractivity contribution in [1.82, 2.24) is 0 Å². The highest BCUT2D eigenvalue weighted by Crippen LogP contribution is 2.22. The fourth-order valence-electron chi connectivity index (χ4n) is 0.310. The van der Waals surface area contributed by atoms with Crippen molar-refractivity contribution in [3.8, 4) is 0 Å². The van der Waals surface area contributed by atoms with E-state index in [4.69, 9.17) is 11.1 Å². The van der Waals surface area contributed by atoms with E-state index in [1.807, 2.05) is 0 Å². The third-order valence-electron chi connectivity index (χ3n) is 0.896. The molecule has 0 bridgehead atoms. The van der Waals surface area contributed by atoms with E-state index >= 15 is 0 Å². The number of hydrogen-bond acceptors (Lipinski definition) is 0. The van der Waals surface area contributed by atoms with Gasteiger partial charge in [0.15, 0.2) is 8.11 Å². The first-order valence-corrected chi connectivity index (χ1v) is 4.82. The Labute approximate surface area is 38.4 Å². The van der Waals surface area contributed by atoms with Crippen LogP contribution in [0.1, 0.15) is 6.42 Å². The zero-order valence-electron chi connectivity index (χ0n) is 3.00. The fourth-order valence-corrected chi connectivity index (χ4v) is 1.73. The van der Waals surface area contributed by atoms with Crippen molar-refractivity contribution in [2.24, 2.45) is 0 Å². The standard InChI is InChI=1S/C3H6ClSi/c4-5-2-1-3-5/h1-3H2. The van der Waals surface area contributed by atoms with Gasteiger partial charge in [-0.3, -0.25) is 0 Å². The summed E-state index contributed by atoms with van der Waals surface area (Å²) in [6, 6.07) is 2.71. The Morgan fingerprint density at radius 2 is 1.80 bits per heavy atom. The minimum absolute atomic E-state index is 0.221. The largest absolute Gasteiger partial charge is 0.169 e. The minimum atomic E-state index is -0.221.